The number of benzene rings is 1. The van der Waals surface area contributed by atoms with Gasteiger partial charge in [-0.25, -0.2) is 9.48 Å². The lowest BCUT2D eigenvalue weighted by Gasteiger charge is -2.22. The number of nitrogens with one attached hydrogen (secondary N) is 3. The number of nitrogens with zero attached hydrogens (tertiary/aromatic N) is 2. The van der Waals surface area contributed by atoms with Crippen LogP contribution in [0.4, 0.5) is 10.5 Å². The maximum absolute atomic E-state index is 13.1. The molecule has 1 aliphatic rings. The number of hydrogen-bond acceptors (Lipinski definition) is 7. The van der Waals surface area contributed by atoms with Crippen LogP contribution in [0, 0.1) is 0 Å². The normalized spacial score (nSPS) is 16.8. The van der Waals surface area contributed by atoms with Crippen LogP contribution in [0.25, 0.3) is 10.8 Å². The SMILES string of the molecule is CC(C)(C)OC(=O)NCCNc1cccc2cnn(C3CCC(=O)NC3=O)c(=O)c12. The van der Waals surface area contributed by atoms with Crippen LogP contribution < -0.4 is 21.5 Å². The largest absolute Gasteiger partial charge is 0.444 e. The highest BCUT2D eigenvalue weighted by Gasteiger charge is 2.30. The molecule has 1 unspecified atom stereocenters. The van der Waals surface area contributed by atoms with E-state index in [-0.39, 0.29) is 25.3 Å². The summed E-state index contributed by atoms with van der Waals surface area (Å²) in [5.41, 5.74) is -0.446. The molecule has 30 heavy (non-hydrogen) atoms. The number of rotatable bonds is 5. The first-order valence-electron chi connectivity index (χ1n) is 9.71. The Balaban J connectivity index is 1.76. The number of fused-ring (bicyclic) bond motifs is 1. The summed E-state index contributed by atoms with van der Waals surface area (Å²) in [4.78, 5) is 48.3. The zero-order valence-electron chi connectivity index (χ0n) is 17.2. The molecule has 1 atom stereocenters. The first-order chi connectivity index (χ1) is 14.2. The molecule has 0 saturated carbocycles. The fraction of sp³-hybridized carbons (Fsp3) is 0.450. The molecule has 2 heterocycles. The van der Waals surface area contributed by atoms with E-state index in [9.17, 15) is 19.2 Å². The average molecular weight is 415 g/mol. The van der Waals surface area contributed by atoms with Crippen LogP contribution in [0.1, 0.15) is 39.7 Å². The molecule has 0 bridgehead atoms. The van der Waals surface area contributed by atoms with Crippen LogP contribution >= 0.6 is 0 Å². The Morgan fingerprint density at radius 1 is 1.27 bits per heavy atom. The van der Waals surface area contributed by atoms with Crippen molar-refractivity contribution in [1.82, 2.24) is 20.4 Å². The van der Waals surface area contributed by atoms with E-state index < -0.39 is 29.2 Å². The average Bonchev–Trinajstić information content (AvgIpc) is 2.65. The van der Waals surface area contributed by atoms with Gasteiger partial charge in [0.05, 0.1) is 11.6 Å². The Labute approximate surface area is 173 Å². The topological polar surface area (TPSA) is 131 Å². The molecular formula is C20H25N5O5. The number of aromatic nitrogens is 2. The van der Waals surface area contributed by atoms with E-state index in [4.69, 9.17) is 4.74 Å². The van der Waals surface area contributed by atoms with Crippen LogP contribution in [-0.2, 0) is 14.3 Å². The quantitative estimate of drug-likeness (QED) is 0.496. The molecule has 1 aliphatic heterocycles. The summed E-state index contributed by atoms with van der Waals surface area (Å²) >= 11 is 0. The summed E-state index contributed by atoms with van der Waals surface area (Å²) in [6.07, 6.45) is 1.37. The minimum absolute atomic E-state index is 0.152. The molecule has 3 rings (SSSR count). The van der Waals surface area contributed by atoms with Crippen molar-refractivity contribution >= 4 is 34.4 Å². The second-order valence-corrected chi connectivity index (χ2v) is 7.99. The number of carbonyl (C=O) groups excluding carboxylic acids is 3. The number of hydrogen-bond donors (Lipinski definition) is 3. The molecule has 2 aromatic rings. The highest BCUT2D eigenvalue weighted by atomic mass is 16.6. The van der Waals surface area contributed by atoms with Gasteiger partial charge in [0.1, 0.15) is 11.6 Å². The van der Waals surface area contributed by atoms with E-state index in [1.165, 1.54) is 6.20 Å². The summed E-state index contributed by atoms with van der Waals surface area (Å²) in [7, 11) is 0. The minimum atomic E-state index is -0.832. The zero-order valence-corrected chi connectivity index (χ0v) is 17.2. The minimum Gasteiger partial charge on any atom is -0.444 e. The van der Waals surface area contributed by atoms with E-state index in [2.05, 4.69) is 21.0 Å². The van der Waals surface area contributed by atoms with Crippen molar-refractivity contribution in [2.75, 3.05) is 18.4 Å². The molecule has 3 amide bonds. The van der Waals surface area contributed by atoms with Crippen LogP contribution in [-0.4, -0.2) is 46.4 Å². The maximum Gasteiger partial charge on any atom is 0.407 e. The highest BCUT2D eigenvalue weighted by Crippen LogP contribution is 2.21. The summed E-state index contributed by atoms with van der Waals surface area (Å²) < 4.78 is 6.30. The zero-order chi connectivity index (χ0) is 21.9. The van der Waals surface area contributed by atoms with Crippen molar-refractivity contribution in [3.63, 3.8) is 0 Å². The predicted molar refractivity (Wildman–Crippen MR) is 110 cm³/mol. The molecule has 1 saturated heterocycles. The monoisotopic (exact) mass is 415 g/mol. The molecule has 10 heteroatoms. The number of piperidine rings is 1. The van der Waals surface area contributed by atoms with Crippen molar-refractivity contribution in [2.24, 2.45) is 0 Å². The third-order valence-corrected chi connectivity index (χ3v) is 4.45. The number of ether oxygens (including phenoxy) is 1. The molecule has 1 aromatic heterocycles. The van der Waals surface area contributed by atoms with Crippen molar-refractivity contribution in [3.05, 3.63) is 34.7 Å². The molecule has 160 valence electrons. The molecule has 3 N–H and O–H groups in total. The Hall–Kier alpha value is -3.43. The van der Waals surface area contributed by atoms with Gasteiger partial charge in [-0.2, -0.15) is 5.10 Å². The van der Waals surface area contributed by atoms with Crippen LogP contribution in [0.2, 0.25) is 0 Å². The fourth-order valence-corrected chi connectivity index (χ4v) is 3.17. The molecule has 1 fully saturated rings. The standard InChI is InChI=1S/C20H25N5O5/c1-20(2,3)30-19(29)22-10-9-21-13-6-4-5-12-11-23-25(18(28)16(12)13)14-7-8-15(26)24-17(14)27/h4-6,11,14,21H,7-10H2,1-3H3,(H,22,29)(H,24,26,27). The van der Waals surface area contributed by atoms with Gasteiger partial charge in [-0.3, -0.25) is 19.7 Å². The van der Waals surface area contributed by atoms with E-state index in [0.717, 1.165) is 4.68 Å². The van der Waals surface area contributed by atoms with Crippen LogP contribution in [0.15, 0.2) is 29.2 Å². The van der Waals surface area contributed by atoms with Crippen molar-refractivity contribution in [2.45, 2.75) is 45.3 Å². The van der Waals surface area contributed by atoms with Gasteiger partial charge in [-0.1, -0.05) is 12.1 Å². The summed E-state index contributed by atoms with van der Waals surface area (Å²) in [6.45, 7) is 5.99. The van der Waals surface area contributed by atoms with E-state index in [1.807, 2.05) is 0 Å². The Morgan fingerprint density at radius 2 is 2.03 bits per heavy atom. The highest BCUT2D eigenvalue weighted by molar-refractivity contribution is 5.99. The first-order valence-corrected chi connectivity index (χ1v) is 9.71. The van der Waals surface area contributed by atoms with Gasteiger partial charge in [0, 0.05) is 30.6 Å². The van der Waals surface area contributed by atoms with Gasteiger partial charge >= 0.3 is 6.09 Å². The van der Waals surface area contributed by atoms with Gasteiger partial charge < -0.3 is 15.4 Å². The molecule has 1 aromatic carbocycles. The Kier molecular flexibility index (Phi) is 6.04. The Bertz CT molecular complexity index is 1040. The third kappa shape index (κ3) is 4.94. The van der Waals surface area contributed by atoms with Crippen molar-refractivity contribution in [1.29, 1.82) is 0 Å². The second kappa shape index (κ2) is 8.52. The van der Waals surface area contributed by atoms with E-state index in [1.54, 1.807) is 39.0 Å². The molecular weight excluding hydrogens is 390 g/mol. The summed E-state index contributed by atoms with van der Waals surface area (Å²) in [5, 5.41) is 13.1. The third-order valence-electron chi connectivity index (χ3n) is 4.45. The lowest BCUT2D eigenvalue weighted by Crippen LogP contribution is -2.45. The van der Waals surface area contributed by atoms with Gasteiger partial charge in [-0.15, -0.1) is 0 Å². The van der Waals surface area contributed by atoms with Gasteiger partial charge in [0.15, 0.2) is 0 Å². The number of anilines is 1. The van der Waals surface area contributed by atoms with Crippen LogP contribution in [0.3, 0.4) is 0 Å². The second-order valence-electron chi connectivity index (χ2n) is 7.99. The van der Waals surface area contributed by atoms with E-state index in [0.29, 0.717) is 23.0 Å². The lowest BCUT2D eigenvalue weighted by molar-refractivity contribution is -0.136. The number of alkyl carbamates (subject to hydrolysis) is 1. The predicted octanol–water partition coefficient (Wildman–Crippen LogP) is 1.31. The lowest BCUT2D eigenvalue weighted by atomic mass is 10.1. The maximum atomic E-state index is 13.1. The van der Waals surface area contributed by atoms with Gasteiger partial charge in [0.25, 0.3) is 11.5 Å². The van der Waals surface area contributed by atoms with Crippen LogP contribution in [0.5, 0.6) is 0 Å². The molecule has 10 nitrogen and oxygen atoms in total. The fourth-order valence-electron chi connectivity index (χ4n) is 3.17. The van der Waals surface area contributed by atoms with Gasteiger partial charge in [0.2, 0.25) is 5.91 Å². The van der Waals surface area contributed by atoms with Gasteiger partial charge in [-0.05, 0) is 33.3 Å². The molecule has 0 radical (unpaired) electrons. The Morgan fingerprint density at radius 3 is 2.73 bits per heavy atom. The van der Waals surface area contributed by atoms with Crippen molar-refractivity contribution in [3.8, 4) is 0 Å². The molecule has 0 aliphatic carbocycles. The number of amides is 3. The number of carbonyl (C=O) groups is 3. The van der Waals surface area contributed by atoms with E-state index >= 15 is 0 Å². The first kappa shape index (κ1) is 21.3. The number of imide groups is 1. The molecule has 0 spiro atoms. The smallest absolute Gasteiger partial charge is 0.407 e. The summed E-state index contributed by atoms with van der Waals surface area (Å²) in [6, 6.07) is 4.44. The van der Waals surface area contributed by atoms with Crippen molar-refractivity contribution < 1.29 is 19.1 Å². The summed E-state index contributed by atoms with van der Waals surface area (Å²) in [5.74, 6) is -0.892.